The van der Waals surface area contributed by atoms with Crippen molar-refractivity contribution < 1.29 is 18.7 Å². The van der Waals surface area contributed by atoms with Gasteiger partial charge in [0, 0.05) is 12.1 Å². The number of morpholine rings is 1. The number of carbonyl (C=O) groups excluding carboxylic acids is 2. The molecule has 21 heavy (non-hydrogen) atoms. The van der Waals surface area contributed by atoms with Crippen LogP contribution in [0.25, 0.3) is 0 Å². The van der Waals surface area contributed by atoms with Crippen molar-refractivity contribution in [2.45, 2.75) is 6.04 Å². The van der Waals surface area contributed by atoms with Gasteiger partial charge in [-0.05, 0) is 18.2 Å². The van der Waals surface area contributed by atoms with E-state index >= 15 is 0 Å². The van der Waals surface area contributed by atoms with Crippen LogP contribution in [0.4, 0.5) is 4.39 Å². The highest BCUT2D eigenvalue weighted by atomic mass is 19.1. The summed E-state index contributed by atoms with van der Waals surface area (Å²) >= 11 is 0. The predicted octanol–water partition coefficient (Wildman–Crippen LogP) is 0.306. The average molecular weight is 291 g/mol. The third-order valence-corrected chi connectivity index (χ3v) is 3.08. The second-order valence-electron chi connectivity index (χ2n) is 4.50. The van der Waals surface area contributed by atoms with E-state index in [-0.39, 0.29) is 24.6 Å². The van der Waals surface area contributed by atoms with E-state index in [1.54, 1.807) is 0 Å². The minimum absolute atomic E-state index is 0.140. The van der Waals surface area contributed by atoms with Gasteiger partial charge < -0.3 is 15.0 Å². The third-order valence-electron chi connectivity index (χ3n) is 3.08. The molecule has 2 rings (SSSR count). The number of hydrogen-bond acceptors (Lipinski definition) is 4. The highest BCUT2D eigenvalue weighted by Gasteiger charge is 2.27. The summed E-state index contributed by atoms with van der Waals surface area (Å²) in [5.74, 6) is -1.43. The predicted molar refractivity (Wildman–Crippen MR) is 70.7 cm³/mol. The molecule has 1 fully saturated rings. The van der Waals surface area contributed by atoms with Gasteiger partial charge in [0.25, 0.3) is 5.91 Å². The van der Waals surface area contributed by atoms with Crippen molar-refractivity contribution in [1.82, 2.24) is 10.2 Å². The molecule has 1 heterocycles. The normalized spacial score (nSPS) is 17.9. The Morgan fingerprint density at radius 1 is 1.52 bits per heavy atom. The quantitative estimate of drug-likeness (QED) is 0.868. The Balaban J connectivity index is 1.91. The number of nitrogens with zero attached hydrogens (tertiary/aromatic N) is 2. The van der Waals surface area contributed by atoms with Crippen molar-refractivity contribution in [3.05, 3.63) is 35.6 Å². The molecule has 1 aliphatic rings. The molecule has 0 radical (unpaired) electrons. The second-order valence-corrected chi connectivity index (χ2v) is 4.50. The molecule has 1 unspecified atom stereocenters. The summed E-state index contributed by atoms with van der Waals surface area (Å²) in [5.41, 5.74) is 0.140. The maximum atomic E-state index is 13.0. The Bertz CT molecular complexity index is 585. The number of hydrogen-bond donors (Lipinski definition) is 1. The van der Waals surface area contributed by atoms with Gasteiger partial charge in [-0.3, -0.25) is 9.59 Å². The summed E-state index contributed by atoms with van der Waals surface area (Å²) in [5, 5.41) is 11.4. The van der Waals surface area contributed by atoms with E-state index in [0.717, 1.165) is 6.07 Å². The molecule has 1 atom stereocenters. The zero-order chi connectivity index (χ0) is 15.2. The second kappa shape index (κ2) is 6.81. The van der Waals surface area contributed by atoms with Crippen LogP contribution in [0.3, 0.4) is 0 Å². The van der Waals surface area contributed by atoms with Crippen molar-refractivity contribution >= 4 is 11.8 Å². The van der Waals surface area contributed by atoms with Gasteiger partial charge in [-0.15, -0.1) is 0 Å². The van der Waals surface area contributed by atoms with Gasteiger partial charge in [0.2, 0.25) is 5.91 Å². The molecule has 1 aliphatic heterocycles. The lowest BCUT2D eigenvalue weighted by Gasteiger charge is -2.31. The van der Waals surface area contributed by atoms with Crippen LogP contribution in [-0.4, -0.2) is 49.1 Å². The topological polar surface area (TPSA) is 82.4 Å². The SMILES string of the molecule is N#CC1COCCN1C(=O)CNC(=O)c1cccc(F)c1. The standard InChI is InChI=1S/C14H14FN3O3/c15-11-3-1-2-10(6-11)14(20)17-8-13(19)18-4-5-21-9-12(18)7-16/h1-3,6,12H,4-5,8-9H2,(H,17,20). The fourth-order valence-corrected chi connectivity index (χ4v) is 2.00. The van der Waals surface area contributed by atoms with Crippen LogP contribution >= 0.6 is 0 Å². The molecule has 0 aromatic heterocycles. The number of nitriles is 1. The summed E-state index contributed by atoms with van der Waals surface area (Å²) < 4.78 is 18.1. The number of benzene rings is 1. The Morgan fingerprint density at radius 2 is 2.33 bits per heavy atom. The molecule has 110 valence electrons. The van der Waals surface area contributed by atoms with Gasteiger partial charge in [0.05, 0.1) is 25.8 Å². The van der Waals surface area contributed by atoms with Crippen molar-refractivity contribution in [3.8, 4) is 6.07 Å². The fraction of sp³-hybridized carbons (Fsp3) is 0.357. The van der Waals surface area contributed by atoms with E-state index in [1.165, 1.54) is 23.1 Å². The molecule has 0 saturated carbocycles. The largest absolute Gasteiger partial charge is 0.376 e. The average Bonchev–Trinajstić information content (AvgIpc) is 2.52. The molecule has 1 N–H and O–H groups in total. The van der Waals surface area contributed by atoms with Crippen LogP contribution in [0.2, 0.25) is 0 Å². The molecular formula is C14H14FN3O3. The van der Waals surface area contributed by atoms with E-state index in [4.69, 9.17) is 10.00 Å². The molecule has 0 spiro atoms. The maximum absolute atomic E-state index is 13.0. The molecule has 0 bridgehead atoms. The van der Waals surface area contributed by atoms with Crippen molar-refractivity contribution in [2.24, 2.45) is 0 Å². The number of ether oxygens (including phenoxy) is 1. The van der Waals surface area contributed by atoms with Crippen LogP contribution < -0.4 is 5.32 Å². The van der Waals surface area contributed by atoms with Crippen molar-refractivity contribution in [2.75, 3.05) is 26.3 Å². The number of carbonyl (C=O) groups is 2. The fourth-order valence-electron chi connectivity index (χ4n) is 2.00. The maximum Gasteiger partial charge on any atom is 0.251 e. The van der Waals surface area contributed by atoms with Crippen molar-refractivity contribution in [1.29, 1.82) is 5.26 Å². The lowest BCUT2D eigenvalue weighted by molar-refractivity contribution is -0.136. The van der Waals surface area contributed by atoms with Crippen LogP contribution in [0.5, 0.6) is 0 Å². The van der Waals surface area contributed by atoms with Crippen LogP contribution in [0.1, 0.15) is 10.4 Å². The van der Waals surface area contributed by atoms with Gasteiger partial charge >= 0.3 is 0 Å². The molecule has 1 saturated heterocycles. The molecule has 1 aromatic rings. The molecule has 0 aliphatic carbocycles. The summed E-state index contributed by atoms with van der Waals surface area (Å²) in [6.07, 6.45) is 0. The molecular weight excluding hydrogens is 277 g/mol. The monoisotopic (exact) mass is 291 g/mol. The molecule has 7 heteroatoms. The Kier molecular flexibility index (Phi) is 4.85. The third kappa shape index (κ3) is 3.77. The van der Waals surface area contributed by atoms with Gasteiger partial charge in [-0.25, -0.2) is 4.39 Å². The van der Waals surface area contributed by atoms with Gasteiger partial charge in [0.1, 0.15) is 11.9 Å². The summed E-state index contributed by atoms with van der Waals surface area (Å²) in [4.78, 5) is 25.2. The van der Waals surface area contributed by atoms with Crippen molar-refractivity contribution in [3.63, 3.8) is 0 Å². The number of halogens is 1. The number of nitrogens with one attached hydrogen (secondary N) is 1. The lowest BCUT2D eigenvalue weighted by atomic mass is 10.2. The van der Waals surface area contributed by atoms with E-state index in [2.05, 4.69) is 5.32 Å². The van der Waals surface area contributed by atoms with E-state index < -0.39 is 17.8 Å². The van der Waals surface area contributed by atoms with Crippen LogP contribution in [0, 0.1) is 17.1 Å². The lowest BCUT2D eigenvalue weighted by Crippen LogP contribution is -2.51. The van der Waals surface area contributed by atoms with E-state index in [0.29, 0.717) is 13.2 Å². The molecule has 6 nitrogen and oxygen atoms in total. The van der Waals surface area contributed by atoms with Gasteiger partial charge in [-0.1, -0.05) is 6.07 Å². The summed E-state index contributed by atoms with van der Waals surface area (Å²) in [6, 6.07) is 6.53. The minimum Gasteiger partial charge on any atom is -0.376 e. The first kappa shape index (κ1) is 14.9. The van der Waals surface area contributed by atoms with Crippen LogP contribution in [-0.2, 0) is 9.53 Å². The Labute approximate surface area is 121 Å². The molecule has 1 aromatic carbocycles. The Morgan fingerprint density at radius 3 is 3.05 bits per heavy atom. The number of amides is 2. The zero-order valence-corrected chi connectivity index (χ0v) is 11.2. The first-order valence-corrected chi connectivity index (χ1v) is 6.42. The highest BCUT2D eigenvalue weighted by molar-refractivity contribution is 5.96. The van der Waals surface area contributed by atoms with E-state index in [9.17, 15) is 14.0 Å². The first-order chi connectivity index (χ1) is 10.1. The first-order valence-electron chi connectivity index (χ1n) is 6.42. The number of rotatable bonds is 3. The van der Waals surface area contributed by atoms with Gasteiger partial charge in [-0.2, -0.15) is 5.26 Å². The molecule has 2 amide bonds. The smallest absolute Gasteiger partial charge is 0.251 e. The van der Waals surface area contributed by atoms with Gasteiger partial charge in [0.15, 0.2) is 0 Å². The zero-order valence-electron chi connectivity index (χ0n) is 11.2. The summed E-state index contributed by atoms with van der Waals surface area (Å²) in [7, 11) is 0. The van der Waals surface area contributed by atoms with Crippen LogP contribution in [0.15, 0.2) is 24.3 Å². The minimum atomic E-state index is -0.641. The van der Waals surface area contributed by atoms with E-state index in [1.807, 2.05) is 6.07 Å². The summed E-state index contributed by atoms with van der Waals surface area (Å²) in [6.45, 7) is 0.599. The Hall–Kier alpha value is -2.46. The highest BCUT2D eigenvalue weighted by Crippen LogP contribution is 2.07.